The fourth-order valence-corrected chi connectivity index (χ4v) is 2.60. The molecule has 1 aliphatic carbocycles. The zero-order valence-corrected chi connectivity index (χ0v) is 9.67. The molecule has 1 aromatic heterocycles. The summed E-state index contributed by atoms with van der Waals surface area (Å²) in [6.07, 6.45) is 3.65. The van der Waals surface area contributed by atoms with E-state index in [2.05, 4.69) is 9.88 Å². The van der Waals surface area contributed by atoms with Gasteiger partial charge < -0.3 is 10.0 Å². The first-order valence-corrected chi connectivity index (χ1v) is 5.85. The van der Waals surface area contributed by atoms with E-state index in [1.807, 2.05) is 7.05 Å². The smallest absolute Gasteiger partial charge is 0.347 e. The van der Waals surface area contributed by atoms with Gasteiger partial charge in [0.15, 0.2) is 5.13 Å². The van der Waals surface area contributed by atoms with Gasteiger partial charge in [0, 0.05) is 13.1 Å². The number of aromatic nitrogens is 1. The third-order valence-electron chi connectivity index (χ3n) is 2.90. The van der Waals surface area contributed by atoms with Crippen molar-refractivity contribution in [2.24, 2.45) is 0 Å². The first-order chi connectivity index (χ1) is 7.09. The van der Waals surface area contributed by atoms with Crippen molar-refractivity contribution in [2.45, 2.75) is 32.2 Å². The van der Waals surface area contributed by atoms with Crippen LogP contribution in [0.15, 0.2) is 0 Å². The summed E-state index contributed by atoms with van der Waals surface area (Å²) in [5.74, 6) is -0.877. The molecule has 1 heterocycles. The number of carboxylic acid groups (broad SMARTS) is 1. The van der Waals surface area contributed by atoms with Crippen LogP contribution in [0.4, 0.5) is 5.13 Å². The maximum absolute atomic E-state index is 10.9. The Balaban J connectivity index is 2.21. The summed E-state index contributed by atoms with van der Waals surface area (Å²) < 4.78 is 0. The minimum atomic E-state index is -0.877. The molecule has 5 heteroatoms. The lowest BCUT2D eigenvalue weighted by Gasteiger charge is -2.34. The predicted molar refractivity (Wildman–Crippen MR) is 59.9 cm³/mol. The van der Waals surface area contributed by atoms with E-state index in [1.165, 1.54) is 30.6 Å². The summed E-state index contributed by atoms with van der Waals surface area (Å²) in [5, 5.41) is 9.75. The Kier molecular flexibility index (Phi) is 2.65. The SMILES string of the molecule is Cc1nc(N(C)C2CCC2)sc1C(=O)O. The van der Waals surface area contributed by atoms with Gasteiger partial charge >= 0.3 is 5.97 Å². The summed E-state index contributed by atoms with van der Waals surface area (Å²) in [6.45, 7) is 1.75. The maximum Gasteiger partial charge on any atom is 0.347 e. The standard InChI is InChI=1S/C10H14N2O2S/c1-6-8(9(13)14)15-10(11-6)12(2)7-4-3-5-7/h7H,3-5H2,1-2H3,(H,13,14). The molecule has 0 radical (unpaired) electrons. The van der Waals surface area contributed by atoms with E-state index in [4.69, 9.17) is 5.11 Å². The molecule has 1 N–H and O–H groups in total. The van der Waals surface area contributed by atoms with Gasteiger partial charge in [0.2, 0.25) is 0 Å². The molecule has 0 atom stereocenters. The lowest BCUT2D eigenvalue weighted by atomic mass is 9.92. The molecule has 0 aromatic carbocycles. The third kappa shape index (κ3) is 1.84. The zero-order chi connectivity index (χ0) is 11.0. The molecular weight excluding hydrogens is 212 g/mol. The highest BCUT2D eigenvalue weighted by Gasteiger charge is 2.25. The number of hydrogen-bond acceptors (Lipinski definition) is 4. The Morgan fingerprint density at radius 1 is 1.60 bits per heavy atom. The molecule has 0 saturated heterocycles. The first kappa shape index (κ1) is 10.4. The molecule has 82 valence electrons. The second-order valence-corrected chi connectivity index (χ2v) is 4.89. The van der Waals surface area contributed by atoms with Crippen molar-refractivity contribution in [3.05, 3.63) is 10.6 Å². The van der Waals surface area contributed by atoms with E-state index in [1.54, 1.807) is 6.92 Å². The number of thiazole rings is 1. The Bertz CT molecular complexity index is 385. The van der Waals surface area contributed by atoms with Gasteiger partial charge in [-0.25, -0.2) is 9.78 Å². The molecule has 0 unspecified atom stereocenters. The average molecular weight is 226 g/mol. The van der Waals surface area contributed by atoms with Crippen molar-refractivity contribution in [3.63, 3.8) is 0 Å². The van der Waals surface area contributed by atoms with Gasteiger partial charge in [-0.05, 0) is 26.2 Å². The van der Waals surface area contributed by atoms with Crippen LogP contribution in [0.25, 0.3) is 0 Å². The van der Waals surface area contributed by atoms with Crippen LogP contribution in [0.2, 0.25) is 0 Å². The Labute approximate surface area is 92.6 Å². The lowest BCUT2D eigenvalue weighted by Crippen LogP contribution is -2.36. The second-order valence-electron chi connectivity index (χ2n) is 3.91. The van der Waals surface area contributed by atoms with Gasteiger partial charge in [0.25, 0.3) is 0 Å². The summed E-state index contributed by atoms with van der Waals surface area (Å²) >= 11 is 1.27. The summed E-state index contributed by atoms with van der Waals surface area (Å²) in [5.41, 5.74) is 0.619. The molecule has 0 aliphatic heterocycles. The fraction of sp³-hybridized carbons (Fsp3) is 0.600. The molecule has 1 aliphatic rings. The van der Waals surface area contributed by atoms with Crippen LogP contribution in [0.5, 0.6) is 0 Å². The zero-order valence-electron chi connectivity index (χ0n) is 8.86. The summed E-state index contributed by atoms with van der Waals surface area (Å²) in [6, 6.07) is 0.553. The van der Waals surface area contributed by atoms with Crippen molar-refractivity contribution >= 4 is 22.4 Å². The van der Waals surface area contributed by atoms with Crippen LogP contribution in [0.1, 0.15) is 34.6 Å². The minimum Gasteiger partial charge on any atom is -0.477 e. The van der Waals surface area contributed by atoms with Crippen LogP contribution in [0, 0.1) is 6.92 Å². The lowest BCUT2D eigenvalue weighted by molar-refractivity contribution is 0.0701. The number of carbonyl (C=O) groups is 1. The highest BCUT2D eigenvalue weighted by atomic mass is 32.1. The van der Waals surface area contributed by atoms with Gasteiger partial charge in [0.1, 0.15) is 4.88 Å². The molecule has 2 rings (SSSR count). The van der Waals surface area contributed by atoms with E-state index >= 15 is 0 Å². The van der Waals surface area contributed by atoms with Gasteiger partial charge in [0.05, 0.1) is 5.69 Å². The molecule has 4 nitrogen and oxygen atoms in total. The number of carboxylic acids is 1. The number of rotatable bonds is 3. The number of anilines is 1. The van der Waals surface area contributed by atoms with Crippen LogP contribution in [-0.4, -0.2) is 29.1 Å². The van der Waals surface area contributed by atoms with Crippen LogP contribution < -0.4 is 4.90 Å². The Morgan fingerprint density at radius 2 is 2.27 bits per heavy atom. The molecule has 0 spiro atoms. The van der Waals surface area contributed by atoms with Gasteiger partial charge in [-0.2, -0.15) is 0 Å². The summed E-state index contributed by atoms with van der Waals surface area (Å²) in [4.78, 5) is 17.6. The van der Waals surface area contributed by atoms with E-state index in [0.717, 1.165) is 5.13 Å². The topological polar surface area (TPSA) is 53.4 Å². The van der Waals surface area contributed by atoms with Crippen molar-refractivity contribution in [1.29, 1.82) is 0 Å². The average Bonchev–Trinajstić information content (AvgIpc) is 2.44. The second kappa shape index (κ2) is 3.81. The van der Waals surface area contributed by atoms with Gasteiger partial charge in [-0.1, -0.05) is 11.3 Å². The van der Waals surface area contributed by atoms with Crippen molar-refractivity contribution in [3.8, 4) is 0 Å². The molecule has 1 aromatic rings. The summed E-state index contributed by atoms with van der Waals surface area (Å²) in [7, 11) is 1.99. The highest BCUT2D eigenvalue weighted by Crippen LogP contribution is 2.32. The number of nitrogens with zero attached hydrogens (tertiary/aromatic N) is 2. The van der Waals surface area contributed by atoms with Gasteiger partial charge in [-0.3, -0.25) is 0 Å². The predicted octanol–water partition coefficient (Wildman–Crippen LogP) is 2.14. The number of aromatic carboxylic acids is 1. The Hall–Kier alpha value is -1.10. The quantitative estimate of drug-likeness (QED) is 0.858. The Morgan fingerprint density at radius 3 is 2.67 bits per heavy atom. The molecule has 0 amide bonds. The molecule has 1 fully saturated rings. The van der Waals surface area contributed by atoms with Crippen LogP contribution in [0.3, 0.4) is 0 Å². The normalized spacial score (nSPS) is 16.1. The minimum absolute atomic E-state index is 0.358. The van der Waals surface area contributed by atoms with Crippen LogP contribution in [-0.2, 0) is 0 Å². The highest BCUT2D eigenvalue weighted by molar-refractivity contribution is 7.17. The first-order valence-electron chi connectivity index (χ1n) is 5.03. The molecule has 0 bridgehead atoms. The third-order valence-corrected chi connectivity index (χ3v) is 4.14. The van der Waals surface area contributed by atoms with Crippen molar-refractivity contribution < 1.29 is 9.90 Å². The monoisotopic (exact) mass is 226 g/mol. The fourth-order valence-electron chi connectivity index (χ4n) is 1.66. The van der Waals surface area contributed by atoms with E-state index in [-0.39, 0.29) is 0 Å². The van der Waals surface area contributed by atoms with Gasteiger partial charge in [-0.15, -0.1) is 0 Å². The van der Waals surface area contributed by atoms with E-state index in [0.29, 0.717) is 16.6 Å². The largest absolute Gasteiger partial charge is 0.477 e. The molecular formula is C10H14N2O2S. The van der Waals surface area contributed by atoms with Crippen molar-refractivity contribution in [1.82, 2.24) is 4.98 Å². The molecule has 15 heavy (non-hydrogen) atoms. The van der Waals surface area contributed by atoms with E-state index in [9.17, 15) is 4.79 Å². The maximum atomic E-state index is 10.9. The number of aryl methyl sites for hydroxylation is 1. The number of hydrogen-bond donors (Lipinski definition) is 1. The van der Waals surface area contributed by atoms with Crippen LogP contribution >= 0.6 is 11.3 Å². The van der Waals surface area contributed by atoms with Crippen molar-refractivity contribution in [2.75, 3.05) is 11.9 Å². The molecule has 1 saturated carbocycles. The van der Waals surface area contributed by atoms with E-state index < -0.39 is 5.97 Å².